The van der Waals surface area contributed by atoms with Gasteiger partial charge in [-0.05, 0) is 39.3 Å². The summed E-state index contributed by atoms with van der Waals surface area (Å²) in [6.45, 7) is 7.71. The monoisotopic (exact) mass is 286 g/mol. The number of hydrogen-bond donors (Lipinski definition) is 2. The van der Waals surface area contributed by atoms with Crippen molar-refractivity contribution in [2.75, 3.05) is 0 Å². The van der Waals surface area contributed by atoms with E-state index in [-0.39, 0.29) is 11.9 Å². The van der Waals surface area contributed by atoms with E-state index < -0.39 is 6.04 Å². The number of nitrogens with one attached hydrogen (secondary N) is 1. The van der Waals surface area contributed by atoms with Crippen molar-refractivity contribution in [3.05, 3.63) is 58.5 Å². The molecular formula is C17H22N2O2. The van der Waals surface area contributed by atoms with Crippen molar-refractivity contribution >= 4 is 5.91 Å². The fourth-order valence-corrected chi connectivity index (χ4v) is 2.39. The van der Waals surface area contributed by atoms with Crippen molar-refractivity contribution in [3.8, 4) is 0 Å². The molecule has 2 atom stereocenters. The highest BCUT2D eigenvalue weighted by atomic mass is 16.3. The molecule has 4 heteroatoms. The van der Waals surface area contributed by atoms with E-state index in [1.807, 2.05) is 58.0 Å². The summed E-state index contributed by atoms with van der Waals surface area (Å²) in [5.41, 5.74) is 8.96. The smallest absolute Gasteiger partial charge is 0.241 e. The maximum Gasteiger partial charge on any atom is 0.241 e. The zero-order chi connectivity index (χ0) is 15.6. The van der Waals surface area contributed by atoms with Crippen LogP contribution in [0.3, 0.4) is 0 Å². The molecular weight excluding hydrogens is 264 g/mol. The van der Waals surface area contributed by atoms with Gasteiger partial charge in [0.2, 0.25) is 5.91 Å². The number of rotatable bonds is 4. The zero-order valence-corrected chi connectivity index (χ0v) is 12.9. The van der Waals surface area contributed by atoms with Gasteiger partial charge in [-0.1, -0.05) is 29.8 Å². The Kier molecular flexibility index (Phi) is 4.48. The highest BCUT2D eigenvalue weighted by Crippen LogP contribution is 2.22. The zero-order valence-electron chi connectivity index (χ0n) is 12.9. The van der Waals surface area contributed by atoms with Gasteiger partial charge in [0.25, 0.3) is 0 Å². The molecule has 1 aromatic heterocycles. The van der Waals surface area contributed by atoms with Gasteiger partial charge in [-0.15, -0.1) is 0 Å². The van der Waals surface area contributed by atoms with Crippen LogP contribution in [0.1, 0.15) is 47.2 Å². The summed E-state index contributed by atoms with van der Waals surface area (Å²) in [5.74, 6) is 1.47. The number of furan rings is 1. The molecule has 2 unspecified atom stereocenters. The minimum Gasteiger partial charge on any atom is -0.466 e. The summed E-state index contributed by atoms with van der Waals surface area (Å²) >= 11 is 0. The van der Waals surface area contributed by atoms with Crippen molar-refractivity contribution < 1.29 is 9.21 Å². The van der Waals surface area contributed by atoms with Crippen LogP contribution >= 0.6 is 0 Å². The average molecular weight is 286 g/mol. The normalized spacial score (nSPS) is 13.8. The van der Waals surface area contributed by atoms with Gasteiger partial charge in [0.05, 0.1) is 6.04 Å². The SMILES string of the molecule is Cc1ccc(C(N)C(=O)NC(C)c2cc(C)oc2C)cc1. The minimum atomic E-state index is -0.665. The predicted octanol–water partition coefficient (Wildman–Crippen LogP) is 3.08. The lowest BCUT2D eigenvalue weighted by atomic mass is 10.0. The van der Waals surface area contributed by atoms with E-state index in [4.69, 9.17) is 10.2 Å². The van der Waals surface area contributed by atoms with Crippen LogP contribution in [0.2, 0.25) is 0 Å². The van der Waals surface area contributed by atoms with Gasteiger partial charge in [-0.3, -0.25) is 4.79 Å². The lowest BCUT2D eigenvalue weighted by Gasteiger charge is -2.17. The van der Waals surface area contributed by atoms with Gasteiger partial charge in [0.1, 0.15) is 17.6 Å². The van der Waals surface area contributed by atoms with Gasteiger partial charge < -0.3 is 15.5 Å². The van der Waals surface area contributed by atoms with Crippen LogP contribution in [-0.2, 0) is 4.79 Å². The third-order valence-corrected chi connectivity index (χ3v) is 3.62. The molecule has 21 heavy (non-hydrogen) atoms. The van der Waals surface area contributed by atoms with E-state index in [1.165, 1.54) is 0 Å². The summed E-state index contributed by atoms with van der Waals surface area (Å²) in [6.07, 6.45) is 0. The van der Waals surface area contributed by atoms with Crippen molar-refractivity contribution in [2.24, 2.45) is 5.73 Å². The number of benzene rings is 1. The molecule has 4 nitrogen and oxygen atoms in total. The summed E-state index contributed by atoms with van der Waals surface area (Å²) < 4.78 is 5.49. The molecule has 0 radical (unpaired) electrons. The van der Waals surface area contributed by atoms with Crippen molar-refractivity contribution in [3.63, 3.8) is 0 Å². The van der Waals surface area contributed by atoms with Crippen LogP contribution in [0, 0.1) is 20.8 Å². The van der Waals surface area contributed by atoms with Crippen LogP contribution in [0.25, 0.3) is 0 Å². The summed E-state index contributed by atoms with van der Waals surface area (Å²) in [6, 6.07) is 8.82. The highest BCUT2D eigenvalue weighted by molar-refractivity contribution is 5.83. The number of amides is 1. The molecule has 0 spiro atoms. The summed E-state index contributed by atoms with van der Waals surface area (Å²) in [5, 5.41) is 2.94. The van der Waals surface area contributed by atoms with Gasteiger partial charge in [0.15, 0.2) is 0 Å². The third kappa shape index (κ3) is 3.52. The van der Waals surface area contributed by atoms with E-state index in [2.05, 4.69) is 5.32 Å². The third-order valence-electron chi connectivity index (χ3n) is 3.62. The Balaban J connectivity index is 2.06. The molecule has 0 fully saturated rings. The van der Waals surface area contributed by atoms with Crippen LogP contribution in [0.15, 0.2) is 34.7 Å². The standard InChI is InChI=1S/C17H22N2O2/c1-10-5-7-14(8-6-10)16(18)17(20)19-12(3)15-9-11(2)21-13(15)4/h5-9,12,16H,18H2,1-4H3,(H,19,20). The quantitative estimate of drug-likeness (QED) is 0.907. The van der Waals surface area contributed by atoms with E-state index >= 15 is 0 Å². The summed E-state index contributed by atoms with van der Waals surface area (Å²) in [7, 11) is 0. The molecule has 0 aliphatic rings. The topological polar surface area (TPSA) is 68.3 Å². The number of carbonyl (C=O) groups is 1. The molecule has 1 aromatic carbocycles. The van der Waals surface area contributed by atoms with E-state index in [1.54, 1.807) is 0 Å². The van der Waals surface area contributed by atoms with Gasteiger partial charge >= 0.3 is 0 Å². The number of carbonyl (C=O) groups excluding carboxylic acids is 1. The lowest BCUT2D eigenvalue weighted by molar-refractivity contribution is -0.123. The second-order valence-corrected chi connectivity index (χ2v) is 5.49. The molecule has 3 N–H and O–H groups in total. The molecule has 1 amide bonds. The Morgan fingerprint density at radius 3 is 2.33 bits per heavy atom. The first-order chi connectivity index (χ1) is 9.88. The Labute approximate surface area is 125 Å². The minimum absolute atomic E-state index is 0.133. The van der Waals surface area contributed by atoms with E-state index in [0.717, 1.165) is 28.2 Å². The van der Waals surface area contributed by atoms with Crippen molar-refractivity contribution in [1.82, 2.24) is 5.32 Å². The second kappa shape index (κ2) is 6.14. The van der Waals surface area contributed by atoms with E-state index in [9.17, 15) is 4.79 Å². The number of nitrogens with two attached hydrogens (primary N) is 1. The Morgan fingerprint density at radius 1 is 1.19 bits per heavy atom. The van der Waals surface area contributed by atoms with E-state index in [0.29, 0.717) is 0 Å². The average Bonchev–Trinajstić information content (AvgIpc) is 2.77. The van der Waals surface area contributed by atoms with Crippen molar-refractivity contribution in [2.45, 2.75) is 39.8 Å². The molecule has 2 rings (SSSR count). The molecule has 2 aromatic rings. The summed E-state index contributed by atoms with van der Waals surface area (Å²) in [4.78, 5) is 12.3. The molecule has 112 valence electrons. The highest BCUT2D eigenvalue weighted by Gasteiger charge is 2.20. The molecule has 0 aliphatic heterocycles. The lowest BCUT2D eigenvalue weighted by Crippen LogP contribution is -2.35. The first-order valence-electron chi connectivity index (χ1n) is 7.08. The maximum absolute atomic E-state index is 12.3. The van der Waals surface area contributed by atoms with Crippen LogP contribution in [0.5, 0.6) is 0 Å². The molecule has 1 heterocycles. The Bertz CT molecular complexity index is 629. The fraction of sp³-hybridized carbons (Fsp3) is 0.353. The molecule has 0 saturated carbocycles. The largest absolute Gasteiger partial charge is 0.466 e. The Hall–Kier alpha value is -2.07. The predicted molar refractivity (Wildman–Crippen MR) is 82.8 cm³/mol. The van der Waals surface area contributed by atoms with Gasteiger partial charge in [-0.25, -0.2) is 0 Å². The fourth-order valence-electron chi connectivity index (χ4n) is 2.39. The van der Waals surface area contributed by atoms with Gasteiger partial charge in [-0.2, -0.15) is 0 Å². The first-order valence-corrected chi connectivity index (χ1v) is 7.08. The second-order valence-electron chi connectivity index (χ2n) is 5.49. The van der Waals surface area contributed by atoms with Crippen molar-refractivity contribution in [1.29, 1.82) is 0 Å². The molecule has 0 saturated heterocycles. The first kappa shape index (κ1) is 15.3. The molecule has 0 aliphatic carbocycles. The van der Waals surface area contributed by atoms with Crippen LogP contribution < -0.4 is 11.1 Å². The number of hydrogen-bond acceptors (Lipinski definition) is 3. The number of aryl methyl sites for hydroxylation is 3. The Morgan fingerprint density at radius 2 is 1.81 bits per heavy atom. The van der Waals surface area contributed by atoms with Crippen LogP contribution in [0.4, 0.5) is 0 Å². The van der Waals surface area contributed by atoms with Gasteiger partial charge in [0, 0.05) is 5.56 Å². The maximum atomic E-state index is 12.3. The van der Waals surface area contributed by atoms with Crippen LogP contribution in [-0.4, -0.2) is 5.91 Å². The molecule has 0 bridgehead atoms.